The van der Waals surface area contributed by atoms with Crippen LogP contribution in [-0.4, -0.2) is 72.6 Å². The van der Waals surface area contributed by atoms with Gasteiger partial charge in [0.2, 0.25) is 0 Å². The van der Waals surface area contributed by atoms with E-state index in [4.69, 9.17) is 9.47 Å². The first-order valence-electron chi connectivity index (χ1n) is 15.2. The summed E-state index contributed by atoms with van der Waals surface area (Å²) in [6.45, 7) is 13.7. The van der Waals surface area contributed by atoms with Crippen molar-refractivity contribution in [1.29, 1.82) is 0 Å². The van der Waals surface area contributed by atoms with Crippen LogP contribution < -0.4 is 15.7 Å². The highest BCUT2D eigenvalue weighted by Gasteiger charge is 2.32. The molecule has 232 valence electrons. The number of nitrogens with zero attached hydrogens (tertiary/aromatic N) is 2. The number of carbonyl (C=O) groups is 2. The molecular formula is C34H42BN3O6. The van der Waals surface area contributed by atoms with Crippen LogP contribution in [-0.2, 0) is 16.0 Å². The number of hydrogen-bond acceptors (Lipinski definition) is 7. The van der Waals surface area contributed by atoms with Crippen molar-refractivity contribution in [2.75, 3.05) is 37.7 Å². The summed E-state index contributed by atoms with van der Waals surface area (Å²) in [4.78, 5) is 29.5. The standard InChI is InChI=1S/C34H42BN3O6/c1-21-28(19-36-32(39)43-20-29-26-13-9-7-11-24(26)25-12-8-10-14-27(25)29)22(2)31(23(3)30(21)35(41)42)37-15-17-38(18-16-37)33(40)44-34(4,5)6/h7-14,29,41-42H,15-20H2,1-6H3,(H,36,39). The predicted octanol–water partition coefficient (Wildman–Crippen LogP) is 4.39. The summed E-state index contributed by atoms with van der Waals surface area (Å²) in [7, 11) is -1.68. The van der Waals surface area contributed by atoms with Gasteiger partial charge in [-0.25, -0.2) is 9.59 Å². The largest absolute Gasteiger partial charge is 0.489 e. The Kier molecular flexibility index (Phi) is 8.95. The number of rotatable bonds is 6. The molecule has 2 aliphatic rings. The summed E-state index contributed by atoms with van der Waals surface area (Å²) < 4.78 is 11.3. The highest BCUT2D eigenvalue weighted by molar-refractivity contribution is 6.60. The van der Waals surface area contributed by atoms with Gasteiger partial charge in [0, 0.05) is 44.3 Å². The lowest BCUT2D eigenvalue weighted by Gasteiger charge is -2.39. The Morgan fingerprint density at radius 3 is 2.00 bits per heavy atom. The molecule has 0 spiro atoms. The Bertz CT molecular complexity index is 1510. The van der Waals surface area contributed by atoms with Crippen molar-refractivity contribution >= 4 is 30.5 Å². The third-order valence-corrected chi connectivity index (χ3v) is 8.68. The number of piperazine rings is 1. The first-order valence-corrected chi connectivity index (χ1v) is 15.2. The van der Waals surface area contributed by atoms with E-state index in [9.17, 15) is 19.6 Å². The molecule has 3 N–H and O–H groups in total. The normalized spacial score (nSPS) is 14.6. The molecule has 1 fully saturated rings. The Balaban J connectivity index is 1.30. The molecule has 1 aliphatic carbocycles. The molecule has 5 rings (SSSR count). The lowest BCUT2D eigenvalue weighted by molar-refractivity contribution is 0.0240. The average molecular weight is 600 g/mol. The van der Waals surface area contributed by atoms with E-state index in [0.717, 1.165) is 44.6 Å². The van der Waals surface area contributed by atoms with Gasteiger partial charge in [-0.15, -0.1) is 0 Å². The third-order valence-electron chi connectivity index (χ3n) is 8.68. The number of alkyl carbamates (subject to hydrolysis) is 1. The Morgan fingerprint density at radius 2 is 1.45 bits per heavy atom. The van der Waals surface area contributed by atoms with Gasteiger partial charge in [0.25, 0.3) is 0 Å². The molecule has 0 unspecified atom stereocenters. The molecule has 3 aromatic carbocycles. The zero-order valence-corrected chi connectivity index (χ0v) is 26.4. The van der Waals surface area contributed by atoms with Crippen LogP contribution in [0.3, 0.4) is 0 Å². The molecule has 9 nitrogen and oxygen atoms in total. The SMILES string of the molecule is Cc1c(CNC(=O)OCC2c3ccccc3-c3ccccc32)c(C)c(N2CCN(C(=O)OC(C)(C)C)CC2)c(C)c1B(O)O. The van der Waals surface area contributed by atoms with E-state index in [1.54, 1.807) is 4.90 Å². The van der Waals surface area contributed by atoms with Crippen molar-refractivity contribution in [3.8, 4) is 11.1 Å². The fourth-order valence-electron chi connectivity index (χ4n) is 6.65. The quantitative estimate of drug-likeness (QED) is 0.361. The van der Waals surface area contributed by atoms with Crippen LogP contribution in [0.4, 0.5) is 15.3 Å². The molecule has 2 amide bonds. The van der Waals surface area contributed by atoms with Crippen LogP contribution in [0.1, 0.15) is 60.1 Å². The van der Waals surface area contributed by atoms with Crippen molar-refractivity contribution in [3.05, 3.63) is 81.9 Å². The minimum atomic E-state index is -1.68. The number of ether oxygens (including phenoxy) is 2. The van der Waals surface area contributed by atoms with Crippen molar-refractivity contribution in [1.82, 2.24) is 10.2 Å². The van der Waals surface area contributed by atoms with E-state index in [2.05, 4.69) is 34.5 Å². The summed E-state index contributed by atoms with van der Waals surface area (Å²) in [6, 6.07) is 16.4. The number of benzene rings is 3. The predicted molar refractivity (Wildman–Crippen MR) is 172 cm³/mol. The van der Waals surface area contributed by atoms with Gasteiger partial charge in [-0.2, -0.15) is 0 Å². The maximum absolute atomic E-state index is 13.0. The molecule has 3 aromatic rings. The number of hydrogen-bond donors (Lipinski definition) is 3. The maximum atomic E-state index is 13.0. The summed E-state index contributed by atoms with van der Waals surface area (Å²) in [5.41, 5.74) is 8.57. The van der Waals surface area contributed by atoms with Gasteiger partial charge in [-0.3, -0.25) is 0 Å². The van der Waals surface area contributed by atoms with Crippen molar-refractivity contribution in [2.24, 2.45) is 0 Å². The molecule has 1 saturated heterocycles. The topological polar surface area (TPSA) is 112 Å². The fourth-order valence-corrected chi connectivity index (χ4v) is 6.65. The second-order valence-electron chi connectivity index (χ2n) is 12.6. The summed E-state index contributed by atoms with van der Waals surface area (Å²) in [5, 5.41) is 23.6. The van der Waals surface area contributed by atoms with Crippen LogP contribution in [0.2, 0.25) is 0 Å². The summed E-state index contributed by atoms with van der Waals surface area (Å²) in [5.74, 6) is -0.0434. The Labute approximate surface area is 259 Å². The monoisotopic (exact) mass is 599 g/mol. The van der Waals surface area contributed by atoms with Crippen LogP contribution in [0.15, 0.2) is 48.5 Å². The first-order chi connectivity index (χ1) is 20.9. The average Bonchev–Trinajstić information content (AvgIpc) is 3.29. The number of amides is 2. The minimum Gasteiger partial charge on any atom is -0.449 e. The van der Waals surface area contributed by atoms with Gasteiger partial charge in [-0.1, -0.05) is 48.5 Å². The minimum absolute atomic E-state index is 0.0434. The van der Waals surface area contributed by atoms with Gasteiger partial charge in [0.05, 0.1) is 0 Å². The number of carbonyl (C=O) groups excluding carboxylic acids is 2. The molecule has 44 heavy (non-hydrogen) atoms. The molecule has 1 aliphatic heterocycles. The van der Waals surface area contributed by atoms with Gasteiger partial charge in [0.1, 0.15) is 12.2 Å². The molecule has 0 aromatic heterocycles. The lowest BCUT2D eigenvalue weighted by atomic mass is 9.71. The maximum Gasteiger partial charge on any atom is 0.489 e. The molecular weight excluding hydrogens is 557 g/mol. The molecule has 10 heteroatoms. The third kappa shape index (κ3) is 6.28. The number of nitrogens with one attached hydrogen (secondary N) is 1. The van der Waals surface area contributed by atoms with Crippen LogP contribution >= 0.6 is 0 Å². The smallest absolute Gasteiger partial charge is 0.449 e. The van der Waals surface area contributed by atoms with E-state index in [1.165, 1.54) is 0 Å². The van der Waals surface area contributed by atoms with E-state index < -0.39 is 18.8 Å². The van der Waals surface area contributed by atoms with E-state index in [1.807, 2.05) is 65.8 Å². The van der Waals surface area contributed by atoms with E-state index in [0.29, 0.717) is 37.2 Å². The van der Waals surface area contributed by atoms with Gasteiger partial charge >= 0.3 is 19.3 Å². The first kappa shape index (κ1) is 31.4. The summed E-state index contributed by atoms with van der Waals surface area (Å²) in [6.07, 6.45) is -0.876. The van der Waals surface area contributed by atoms with E-state index >= 15 is 0 Å². The highest BCUT2D eigenvalue weighted by atomic mass is 16.6. The van der Waals surface area contributed by atoms with E-state index in [-0.39, 0.29) is 25.2 Å². The van der Waals surface area contributed by atoms with Crippen molar-refractivity contribution in [3.63, 3.8) is 0 Å². The zero-order valence-electron chi connectivity index (χ0n) is 26.4. The molecule has 0 atom stereocenters. The van der Waals surface area contributed by atoms with Crippen LogP contribution in [0.25, 0.3) is 11.1 Å². The zero-order chi connectivity index (χ0) is 31.8. The van der Waals surface area contributed by atoms with Crippen molar-refractivity contribution < 1.29 is 29.1 Å². The van der Waals surface area contributed by atoms with Crippen LogP contribution in [0.5, 0.6) is 0 Å². The van der Waals surface area contributed by atoms with Gasteiger partial charge in [0.15, 0.2) is 0 Å². The fraction of sp³-hybridized carbons (Fsp3) is 0.412. The van der Waals surface area contributed by atoms with Crippen molar-refractivity contribution in [2.45, 2.75) is 59.6 Å². The van der Waals surface area contributed by atoms with Crippen LogP contribution in [0, 0.1) is 20.8 Å². The molecule has 0 bridgehead atoms. The molecule has 0 radical (unpaired) electrons. The Morgan fingerprint density at radius 1 is 0.886 bits per heavy atom. The highest BCUT2D eigenvalue weighted by Crippen LogP contribution is 2.44. The van der Waals surface area contributed by atoms with Gasteiger partial charge in [-0.05, 0) is 91.5 Å². The van der Waals surface area contributed by atoms with Gasteiger partial charge < -0.3 is 34.6 Å². The second-order valence-corrected chi connectivity index (χ2v) is 12.6. The lowest BCUT2D eigenvalue weighted by Crippen LogP contribution is -2.51. The Hall–Kier alpha value is -4.02. The second kappa shape index (κ2) is 12.5. The molecule has 0 saturated carbocycles. The summed E-state index contributed by atoms with van der Waals surface area (Å²) >= 11 is 0. The molecule has 1 heterocycles. The number of fused-ring (bicyclic) bond motifs is 3. The number of anilines is 1.